The summed E-state index contributed by atoms with van der Waals surface area (Å²) in [5, 5.41) is 8.81. The largest absolute Gasteiger partial charge is 0.503 e. The number of hydrogen-bond acceptors (Lipinski definition) is 3. The van der Waals surface area contributed by atoms with E-state index in [1.165, 1.54) is 7.11 Å². The lowest BCUT2D eigenvalue weighted by molar-refractivity contribution is 0.0856. The van der Waals surface area contributed by atoms with Crippen LogP contribution in [0.5, 0.6) is 5.75 Å². The van der Waals surface area contributed by atoms with Crippen LogP contribution in [0.25, 0.3) is 0 Å². The summed E-state index contributed by atoms with van der Waals surface area (Å²) in [5.74, 6) is -5.42. The molecule has 0 aromatic heterocycles. The first-order valence-electron chi connectivity index (χ1n) is 3.69. The van der Waals surface area contributed by atoms with Gasteiger partial charge in [-0.2, -0.15) is 9.87 Å². The third-order valence-corrected chi connectivity index (χ3v) is 1.62. The Kier molecular flexibility index (Phi) is 3.32. The second kappa shape index (κ2) is 4.30. The lowest BCUT2D eigenvalue weighted by Gasteiger charge is -2.06. The van der Waals surface area contributed by atoms with Gasteiger partial charge in [-0.05, 0) is 6.07 Å². The highest BCUT2D eigenvalue weighted by atomic mass is 19.2. The first-order chi connectivity index (χ1) is 6.57. The van der Waals surface area contributed by atoms with Gasteiger partial charge in [-0.3, -0.25) is 0 Å². The SMILES string of the molecule is CONCc1cc(F)c(F)c(O)c1F. The predicted molar refractivity (Wildman–Crippen MR) is 41.8 cm³/mol. The average Bonchev–Trinajstić information content (AvgIpc) is 2.18. The minimum absolute atomic E-state index is 0.174. The van der Waals surface area contributed by atoms with Crippen molar-refractivity contribution in [2.24, 2.45) is 0 Å². The van der Waals surface area contributed by atoms with E-state index >= 15 is 0 Å². The molecule has 14 heavy (non-hydrogen) atoms. The molecule has 0 fully saturated rings. The Hall–Kier alpha value is -1.27. The standard InChI is InChI=1S/C8H8F3NO2/c1-14-12-3-4-2-5(9)7(11)8(13)6(4)10/h2,12-13H,3H2,1H3. The van der Waals surface area contributed by atoms with Gasteiger partial charge < -0.3 is 9.94 Å². The van der Waals surface area contributed by atoms with Crippen molar-refractivity contribution < 1.29 is 23.1 Å². The van der Waals surface area contributed by atoms with Crippen LogP contribution in [-0.4, -0.2) is 12.2 Å². The summed E-state index contributed by atoms with van der Waals surface area (Å²) in [4.78, 5) is 4.40. The summed E-state index contributed by atoms with van der Waals surface area (Å²) in [6.45, 7) is -0.174. The zero-order chi connectivity index (χ0) is 10.7. The van der Waals surface area contributed by atoms with Crippen LogP contribution >= 0.6 is 0 Å². The lowest BCUT2D eigenvalue weighted by Crippen LogP contribution is -2.12. The number of hydroxylamine groups is 1. The first-order valence-corrected chi connectivity index (χ1v) is 3.69. The van der Waals surface area contributed by atoms with Gasteiger partial charge in [0, 0.05) is 12.1 Å². The van der Waals surface area contributed by atoms with Gasteiger partial charge in [0.05, 0.1) is 7.11 Å². The van der Waals surface area contributed by atoms with Crippen molar-refractivity contribution in [2.75, 3.05) is 7.11 Å². The van der Waals surface area contributed by atoms with Gasteiger partial charge in [0.1, 0.15) is 0 Å². The van der Waals surface area contributed by atoms with E-state index in [-0.39, 0.29) is 12.1 Å². The molecule has 6 heteroatoms. The monoisotopic (exact) mass is 207 g/mol. The molecule has 2 N–H and O–H groups in total. The quantitative estimate of drug-likeness (QED) is 0.582. The molecule has 0 saturated carbocycles. The molecule has 0 aliphatic rings. The summed E-state index contributed by atoms with van der Waals surface area (Å²) in [6, 6.07) is 0.649. The number of phenolic OH excluding ortho intramolecular Hbond substituents is 1. The van der Waals surface area contributed by atoms with E-state index in [1.54, 1.807) is 0 Å². The Morgan fingerprint density at radius 2 is 2.00 bits per heavy atom. The van der Waals surface area contributed by atoms with E-state index in [0.717, 1.165) is 0 Å². The topological polar surface area (TPSA) is 41.5 Å². The molecule has 1 aromatic carbocycles. The predicted octanol–water partition coefficient (Wildman–Crippen LogP) is 1.46. The van der Waals surface area contributed by atoms with Crippen LogP contribution < -0.4 is 5.48 Å². The molecular weight excluding hydrogens is 199 g/mol. The fraction of sp³-hybridized carbons (Fsp3) is 0.250. The lowest BCUT2D eigenvalue weighted by atomic mass is 10.2. The molecule has 1 aromatic rings. The summed E-state index contributed by atoms with van der Waals surface area (Å²) in [6.07, 6.45) is 0. The molecule has 0 aliphatic heterocycles. The molecule has 0 heterocycles. The molecule has 0 bridgehead atoms. The van der Waals surface area contributed by atoms with Gasteiger partial charge in [-0.15, -0.1) is 0 Å². The second-order valence-electron chi connectivity index (χ2n) is 2.52. The zero-order valence-electron chi connectivity index (χ0n) is 7.27. The van der Waals surface area contributed by atoms with Gasteiger partial charge >= 0.3 is 0 Å². The van der Waals surface area contributed by atoms with Crippen LogP contribution in [0.4, 0.5) is 13.2 Å². The Labute approximate surface area is 78.1 Å². The van der Waals surface area contributed by atoms with Gasteiger partial charge in [0.25, 0.3) is 0 Å². The minimum Gasteiger partial charge on any atom is -0.503 e. The summed E-state index contributed by atoms with van der Waals surface area (Å²) in [5.41, 5.74) is 2.02. The van der Waals surface area contributed by atoms with Crippen molar-refractivity contribution in [1.29, 1.82) is 0 Å². The molecule has 0 atom stereocenters. The van der Waals surface area contributed by atoms with Gasteiger partial charge in [-0.1, -0.05) is 0 Å². The number of aromatic hydroxyl groups is 1. The molecule has 0 spiro atoms. The number of hydrogen-bond donors (Lipinski definition) is 2. The number of rotatable bonds is 3. The highest BCUT2D eigenvalue weighted by Crippen LogP contribution is 2.25. The molecule has 0 aliphatic carbocycles. The fourth-order valence-electron chi connectivity index (χ4n) is 0.920. The Balaban J connectivity index is 3.06. The first kappa shape index (κ1) is 10.8. The van der Waals surface area contributed by atoms with Crippen molar-refractivity contribution in [3.63, 3.8) is 0 Å². The van der Waals surface area contributed by atoms with Crippen LogP contribution in [0, 0.1) is 17.5 Å². The van der Waals surface area contributed by atoms with Crippen molar-refractivity contribution in [3.8, 4) is 5.75 Å². The van der Waals surface area contributed by atoms with E-state index in [1.807, 2.05) is 0 Å². The average molecular weight is 207 g/mol. The van der Waals surface area contributed by atoms with Crippen LogP contribution in [-0.2, 0) is 11.4 Å². The zero-order valence-corrected chi connectivity index (χ0v) is 7.27. The van der Waals surface area contributed by atoms with Crippen LogP contribution in [0.1, 0.15) is 5.56 Å². The Morgan fingerprint density at radius 1 is 1.36 bits per heavy atom. The van der Waals surface area contributed by atoms with Crippen molar-refractivity contribution in [2.45, 2.75) is 6.54 Å². The van der Waals surface area contributed by atoms with Crippen molar-refractivity contribution in [3.05, 3.63) is 29.1 Å². The second-order valence-corrected chi connectivity index (χ2v) is 2.52. The maximum atomic E-state index is 13.0. The summed E-state index contributed by atoms with van der Waals surface area (Å²) < 4.78 is 38.3. The van der Waals surface area contributed by atoms with E-state index in [4.69, 9.17) is 5.11 Å². The van der Waals surface area contributed by atoms with Gasteiger partial charge in [0.2, 0.25) is 5.82 Å². The fourth-order valence-corrected chi connectivity index (χ4v) is 0.920. The molecule has 0 amide bonds. The number of halogens is 3. The molecule has 78 valence electrons. The number of phenols is 1. The van der Waals surface area contributed by atoms with E-state index in [0.29, 0.717) is 6.07 Å². The Morgan fingerprint density at radius 3 is 2.57 bits per heavy atom. The molecule has 1 rings (SSSR count). The van der Waals surface area contributed by atoms with Crippen molar-refractivity contribution in [1.82, 2.24) is 5.48 Å². The summed E-state index contributed by atoms with van der Waals surface area (Å²) >= 11 is 0. The highest BCUT2D eigenvalue weighted by molar-refractivity contribution is 5.32. The third-order valence-electron chi connectivity index (χ3n) is 1.62. The van der Waals surface area contributed by atoms with Gasteiger partial charge in [-0.25, -0.2) is 8.78 Å². The highest BCUT2D eigenvalue weighted by Gasteiger charge is 2.17. The molecule has 0 radical (unpaired) electrons. The van der Waals surface area contributed by atoms with Crippen LogP contribution in [0.15, 0.2) is 6.07 Å². The maximum absolute atomic E-state index is 13.0. The summed E-state index contributed by atoms with van der Waals surface area (Å²) in [7, 11) is 1.29. The van der Waals surface area contributed by atoms with Crippen molar-refractivity contribution >= 4 is 0 Å². The molecular formula is C8H8F3NO2. The third kappa shape index (κ3) is 1.97. The molecule has 0 saturated heterocycles. The smallest absolute Gasteiger partial charge is 0.203 e. The minimum atomic E-state index is -1.59. The van der Waals surface area contributed by atoms with E-state index in [9.17, 15) is 13.2 Å². The number of benzene rings is 1. The Bertz CT molecular complexity index is 344. The van der Waals surface area contributed by atoms with Gasteiger partial charge in [0.15, 0.2) is 17.4 Å². The maximum Gasteiger partial charge on any atom is 0.203 e. The molecule has 3 nitrogen and oxygen atoms in total. The van der Waals surface area contributed by atoms with Crippen LogP contribution in [0.2, 0.25) is 0 Å². The van der Waals surface area contributed by atoms with E-state index < -0.39 is 23.2 Å². The normalized spacial score (nSPS) is 10.6. The van der Waals surface area contributed by atoms with Crippen LogP contribution in [0.3, 0.4) is 0 Å². The van der Waals surface area contributed by atoms with E-state index in [2.05, 4.69) is 10.3 Å². The molecule has 0 unspecified atom stereocenters. The number of nitrogens with one attached hydrogen (secondary N) is 1.